The average molecular weight is 382 g/mol. The van der Waals surface area contributed by atoms with E-state index in [4.69, 9.17) is 10.5 Å². The molecular formula is C20H26N6O2. The highest BCUT2D eigenvalue weighted by atomic mass is 16.5. The molecule has 2 atom stereocenters. The lowest BCUT2D eigenvalue weighted by Crippen LogP contribution is -2.65. The molecule has 1 heterocycles. The van der Waals surface area contributed by atoms with E-state index in [0.717, 1.165) is 30.4 Å². The quantitative estimate of drug-likeness (QED) is 0.749. The Morgan fingerprint density at radius 1 is 1.29 bits per heavy atom. The summed E-state index contributed by atoms with van der Waals surface area (Å²) in [5.74, 6) is 1.66. The van der Waals surface area contributed by atoms with E-state index in [1.165, 1.54) is 32.1 Å². The van der Waals surface area contributed by atoms with Crippen molar-refractivity contribution in [3.8, 4) is 5.75 Å². The third-order valence-electron chi connectivity index (χ3n) is 6.75. The van der Waals surface area contributed by atoms with Crippen molar-refractivity contribution in [2.24, 2.45) is 17.6 Å². The fraction of sp³-hybridized carbons (Fsp3) is 0.600. The van der Waals surface area contributed by atoms with Crippen LogP contribution in [0.4, 0.5) is 0 Å². The van der Waals surface area contributed by atoms with E-state index >= 15 is 0 Å². The number of aromatic nitrogens is 4. The lowest BCUT2D eigenvalue weighted by Gasteiger charge is -2.61. The molecule has 4 aliphatic carbocycles. The predicted octanol–water partition coefficient (Wildman–Crippen LogP) is 1.37. The van der Waals surface area contributed by atoms with Crippen molar-refractivity contribution in [2.45, 2.75) is 56.1 Å². The van der Waals surface area contributed by atoms with Crippen molar-refractivity contribution in [3.05, 3.63) is 36.2 Å². The second-order valence-corrected chi connectivity index (χ2v) is 8.95. The number of carbonyl (C=O) groups is 1. The Kier molecular flexibility index (Phi) is 4.12. The van der Waals surface area contributed by atoms with E-state index in [1.807, 2.05) is 23.0 Å². The Morgan fingerprint density at radius 3 is 2.82 bits per heavy atom. The molecule has 6 rings (SSSR count). The minimum absolute atomic E-state index is 0.0139. The monoisotopic (exact) mass is 382 g/mol. The van der Waals surface area contributed by atoms with Gasteiger partial charge in [0.2, 0.25) is 0 Å². The van der Waals surface area contributed by atoms with Crippen LogP contribution < -0.4 is 15.8 Å². The zero-order valence-corrected chi connectivity index (χ0v) is 15.9. The molecule has 0 radical (unpaired) electrons. The van der Waals surface area contributed by atoms with Crippen LogP contribution in [-0.4, -0.2) is 38.3 Å². The second kappa shape index (κ2) is 6.55. The van der Waals surface area contributed by atoms with Gasteiger partial charge < -0.3 is 15.8 Å². The lowest BCUT2D eigenvalue weighted by atomic mass is 9.50. The Bertz CT molecular complexity index is 853. The van der Waals surface area contributed by atoms with Gasteiger partial charge in [-0.1, -0.05) is 12.1 Å². The molecule has 2 unspecified atom stereocenters. The SMILES string of the molecule is NC(=O)COc1cccc(CNC23CC4CC(C2)CC(n2ncnn2)(C4)C3)c1. The summed E-state index contributed by atoms with van der Waals surface area (Å²) >= 11 is 0. The molecule has 1 aromatic heterocycles. The van der Waals surface area contributed by atoms with Gasteiger partial charge in [-0.05, 0) is 73.3 Å². The summed E-state index contributed by atoms with van der Waals surface area (Å²) in [5, 5.41) is 16.5. The second-order valence-electron chi connectivity index (χ2n) is 8.95. The van der Waals surface area contributed by atoms with Crippen molar-refractivity contribution in [2.75, 3.05) is 6.61 Å². The number of nitrogens with two attached hydrogens (primary N) is 1. The normalized spacial score (nSPS) is 33.1. The summed E-state index contributed by atoms with van der Waals surface area (Å²) < 4.78 is 5.44. The summed E-state index contributed by atoms with van der Waals surface area (Å²) in [5.41, 5.74) is 6.45. The zero-order valence-electron chi connectivity index (χ0n) is 15.9. The number of nitrogens with zero attached hydrogens (tertiary/aromatic N) is 4. The number of tetrazole rings is 1. The van der Waals surface area contributed by atoms with Gasteiger partial charge in [-0.2, -0.15) is 4.80 Å². The molecule has 0 saturated heterocycles. The summed E-state index contributed by atoms with van der Waals surface area (Å²) in [6, 6.07) is 7.86. The standard InChI is InChI=1S/C20H26N6O2/c21-18(27)11-28-17-3-1-2-14(5-17)10-22-19-6-15-4-16(7-19)9-20(8-15,12-19)26-24-13-23-25-26/h1-3,5,13,15-16,22H,4,6-12H2,(H2,21,27). The molecule has 4 fully saturated rings. The van der Waals surface area contributed by atoms with Gasteiger partial charge in [0.15, 0.2) is 12.9 Å². The van der Waals surface area contributed by atoms with Crippen LogP contribution in [0.3, 0.4) is 0 Å². The third kappa shape index (κ3) is 3.15. The molecule has 0 aliphatic heterocycles. The van der Waals surface area contributed by atoms with Gasteiger partial charge in [-0.3, -0.25) is 4.79 Å². The Morgan fingerprint density at radius 2 is 2.11 bits per heavy atom. The van der Waals surface area contributed by atoms with Crippen LogP contribution in [0.25, 0.3) is 0 Å². The molecule has 1 amide bonds. The summed E-state index contributed by atoms with van der Waals surface area (Å²) in [7, 11) is 0. The number of benzene rings is 1. The molecule has 4 saturated carbocycles. The molecule has 28 heavy (non-hydrogen) atoms. The fourth-order valence-corrected chi connectivity index (χ4v) is 6.23. The highest BCUT2D eigenvalue weighted by Crippen LogP contribution is 2.60. The Labute approximate surface area is 163 Å². The number of carbonyl (C=O) groups excluding carboxylic acids is 1. The number of hydrogen-bond donors (Lipinski definition) is 2. The van der Waals surface area contributed by atoms with Crippen LogP contribution in [0, 0.1) is 11.8 Å². The molecule has 148 valence electrons. The number of primary amides is 1. The number of hydrogen-bond acceptors (Lipinski definition) is 6. The average Bonchev–Trinajstić information content (AvgIpc) is 3.20. The van der Waals surface area contributed by atoms with Gasteiger partial charge in [0.05, 0.1) is 5.54 Å². The number of ether oxygens (including phenoxy) is 1. The largest absolute Gasteiger partial charge is 0.484 e. The number of amides is 1. The lowest BCUT2D eigenvalue weighted by molar-refractivity contribution is -0.119. The zero-order chi connectivity index (χ0) is 19.2. The number of rotatable bonds is 7. The molecule has 4 aliphatic rings. The van der Waals surface area contributed by atoms with Crippen molar-refractivity contribution < 1.29 is 9.53 Å². The highest BCUT2D eigenvalue weighted by molar-refractivity contribution is 5.75. The van der Waals surface area contributed by atoms with Crippen LogP contribution in [0.2, 0.25) is 0 Å². The topological polar surface area (TPSA) is 108 Å². The van der Waals surface area contributed by atoms with E-state index < -0.39 is 5.91 Å². The van der Waals surface area contributed by atoms with Crippen molar-refractivity contribution in [3.63, 3.8) is 0 Å². The first kappa shape index (κ1) is 17.6. The van der Waals surface area contributed by atoms with Gasteiger partial charge in [0, 0.05) is 12.1 Å². The summed E-state index contributed by atoms with van der Waals surface area (Å²) in [4.78, 5) is 12.8. The van der Waals surface area contributed by atoms with E-state index in [1.54, 1.807) is 6.33 Å². The Balaban J connectivity index is 1.32. The van der Waals surface area contributed by atoms with E-state index in [0.29, 0.717) is 5.75 Å². The van der Waals surface area contributed by atoms with E-state index in [2.05, 4.69) is 26.8 Å². The molecule has 2 aromatic rings. The van der Waals surface area contributed by atoms with Gasteiger partial charge >= 0.3 is 0 Å². The van der Waals surface area contributed by atoms with Gasteiger partial charge in [0.1, 0.15) is 5.75 Å². The maximum Gasteiger partial charge on any atom is 0.255 e. The molecule has 8 heteroatoms. The molecule has 1 aromatic carbocycles. The fourth-order valence-electron chi connectivity index (χ4n) is 6.23. The van der Waals surface area contributed by atoms with E-state index in [9.17, 15) is 4.79 Å². The predicted molar refractivity (Wildman–Crippen MR) is 101 cm³/mol. The first-order chi connectivity index (χ1) is 13.5. The highest BCUT2D eigenvalue weighted by Gasteiger charge is 2.59. The maximum absolute atomic E-state index is 10.9. The van der Waals surface area contributed by atoms with E-state index in [-0.39, 0.29) is 17.7 Å². The summed E-state index contributed by atoms with van der Waals surface area (Å²) in [6.07, 6.45) is 8.71. The Hall–Kier alpha value is -2.48. The smallest absolute Gasteiger partial charge is 0.255 e. The first-order valence-electron chi connectivity index (χ1n) is 10.0. The van der Waals surface area contributed by atoms with Crippen LogP contribution in [0.15, 0.2) is 30.6 Å². The van der Waals surface area contributed by atoms with Crippen LogP contribution >= 0.6 is 0 Å². The molecule has 3 N–H and O–H groups in total. The van der Waals surface area contributed by atoms with Crippen molar-refractivity contribution in [1.29, 1.82) is 0 Å². The molecule has 0 spiro atoms. The van der Waals surface area contributed by atoms with Gasteiger partial charge in [-0.15, -0.1) is 10.2 Å². The van der Waals surface area contributed by atoms with Gasteiger partial charge in [0.25, 0.3) is 5.91 Å². The van der Waals surface area contributed by atoms with Crippen LogP contribution in [0.5, 0.6) is 5.75 Å². The maximum atomic E-state index is 10.9. The van der Waals surface area contributed by atoms with Crippen molar-refractivity contribution in [1.82, 2.24) is 25.5 Å². The molecular weight excluding hydrogens is 356 g/mol. The van der Waals surface area contributed by atoms with Crippen LogP contribution in [-0.2, 0) is 16.9 Å². The van der Waals surface area contributed by atoms with Gasteiger partial charge in [-0.25, -0.2) is 0 Å². The molecule has 8 nitrogen and oxygen atoms in total. The minimum atomic E-state index is -0.468. The molecule has 4 bridgehead atoms. The van der Waals surface area contributed by atoms with Crippen molar-refractivity contribution >= 4 is 5.91 Å². The minimum Gasteiger partial charge on any atom is -0.484 e. The number of nitrogens with one attached hydrogen (secondary N) is 1. The third-order valence-corrected chi connectivity index (χ3v) is 6.75. The summed E-state index contributed by atoms with van der Waals surface area (Å²) in [6.45, 7) is 0.672. The first-order valence-corrected chi connectivity index (χ1v) is 10.0. The van der Waals surface area contributed by atoms with Crippen LogP contribution in [0.1, 0.15) is 44.1 Å².